The Morgan fingerprint density at radius 2 is 1.55 bits per heavy atom. The predicted molar refractivity (Wildman–Crippen MR) is 114 cm³/mol. The third kappa shape index (κ3) is 5.26. The molecule has 0 saturated heterocycles. The summed E-state index contributed by atoms with van der Waals surface area (Å²) in [6.45, 7) is 0. The number of nitrogens with zero attached hydrogens (tertiary/aromatic N) is 1. The molecule has 0 fully saturated rings. The van der Waals surface area contributed by atoms with Crippen LogP contribution in [0.5, 0.6) is 11.5 Å². The van der Waals surface area contributed by atoms with E-state index in [0.717, 1.165) is 5.56 Å². The van der Waals surface area contributed by atoms with E-state index in [1.807, 2.05) is 12.1 Å². The standard InChI is InChI=1S/C21H21N3O4S/c1-27-19-13-8-16(21(14-19)28-2)15-22-23-17-9-11-18(12-10-17)24-29(25,26)20-6-4-3-5-7-20/h3-15,23-24H,1-2H3/b22-15+. The summed E-state index contributed by atoms with van der Waals surface area (Å²) in [4.78, 5) is 0.209. The lowest BCUT2D eigenvalue weighted by atomic mass is 10.2. The second-order valence-electron chi connectivity index (χ2n) is 5.97. The van der Waals surface area contributed by atoms with Crippen LogP contribution < -0.4 is 19.6 Å². The van der Waals surface area contributed by atoms with E-state index in [9.17, 15) is 8.42 Å². The summed E-state index contributed by atoms with van der Waals surface area (Å²) in [6, 6.07) is 20.4. The average Bonchev–Trinajstić information content (AvgIpc) is 2.75. The van der Waals surface area contributed by atoms with Crippen molar-refractivity contribution in [2.45, 2.75) is 4.90 Å². The number of ether oxygens (including phenoxy) is 2. The van der Waals surface area contributed by atoms with Crippen LogP contribution in [0.2, 0.25) is 0 Å². The van der Waals surface area contributed by atoms with Crippen molar-refractivity contribution in [3.05, 3.63) is 78.4 Å². The van der Waals surface area contributed by atoms with Gasteiger partial charge in [0.1, 0.15) is 11.5 Å². The highest BCUT2D eigenvalue weighted by atomic mass is 32.2. The van der Waals surface area contributed by atoms with Crippen LogP contribution in [0.1, 0.15) is 5.56 Å². The summed E-state index contributed by atoms with van der Waals surface area (Å²) in [6.07, 6.45) is 1.63. The van der Waals surface area contributed by atoms with Gasteiger partial charge in [-0.05, 0) is 48.5 Å². The molecule has 0 atom stereocenters. The maximum atomic E-state index is 12.4. The first-order chi connectivity index (χ1) is 14.0. The van der Waals surface area contributed by atoms with Crippen LogP contribution in [0.3, 0.4) is 0 Å². The fraction of sp³-hybridized carbons (Fsp3) is 0.0952. The lowest BCUT2D eigenvalue weighted by Crippen LogP contribution is -2.12. The first-order valence-electron chi connectivity index (χ1n) is 8.71. The lowest BCUT2D eigenvalue weighted by molar-refractivity contribution is 0.394. The number of hydrogen-bond donors (Lipinski definition) is 2. The van der Waals surface area contributed by atoms with Gasteiger partial charge < -0.3 is 9.47 Å². The molecule has 0 radical (unpaired) electrons. The van der Waals surface area contributed by atoms with Gasteiger partial charge in [-0.25, -0.2) is 8.42 Å². The maximum absolute atomic E-state index is 12.4. The van der Waals surface area contributed by atoms with Crippen molar-refractivity contribution in [2.75, 3.05) is 24.4 Å². The predicted octanol–water partition coefficient (Wildman–Crippen LogP) is 3.95. The number of benzene rings is 3. The first-order valence-corrected chi connectivity index (χ1v) is 10.2. The molecule has 0 aliphatic rings. The molecule has 2 N–H and O–H groups in total. The topological polar surface area (TPSA) is 89.0 Å². The van der Waals surface area contributed by atoms with Gasteiger partial charge in [-0.3, -0.25) is 10.1 Å². The highest BCUT2D eigenvalue weighted by Gasteiger charge is 2.13. The summed E-state index contributed by atoms with van der Waals surface area (Å²) < 4.78 is 37.7. The zero-order valence-corrected chi connectivity index (χ0v) is 16.8. The molecule has 3 aromatic carbocycles. The minimum atomic E-state index is -3.62. The van der Waals surface area contributed by atoms with E-state index in [-0.39, 0.29) is 4.90 Å². The van der Waals surface area contributed by atoms with E-state index < -0.39 is 10.0 Å². The van der Waals surface area contributed by atoms with Crippen molar-refractivity contribution in [3.63, 3.8) is 0 Å². The van der Waals surface area contributed by atoms with Crippen LogP contribution in [0.15, 0.2) is 82.8 Å². The molecular formula is C21H21N3O4S. The van der Waals surface area contributed by atoms with Crippen molar-refractivity contribution in [3.8, 4) is 11.5 Å². The zero-order valence-electron chi connectivity index (χ0n) is 16.0. The van der Waals surface area contributed by atoms with E-state index >= 15 is 0 Å². The molecule has 0 unspecified atom stereocenters. The Balaban J connectivity index is 1.65. The molecule has 8 heteroatoms. The quantitative estimate of drug-likeness (QED) is 0.433. The SMILES string of the molecule is COc1ccc(/C=N/Nc2ccc(NS(=O)(=O)c3ccccc3)cc2)c(OC)c1. The van der Waals surface area contributed by atoms with Gasteiger partial charge in [0, 0.05) is 17.3 Å². The van der Waals surface area contributed by atoms with Crippen molar-refractivity contribution >= 4 is 27.6 Å². The normalized spacial score (nSPS) is 11.2. The van der Waals surface area contributed by atoms with Crippen molar-refractivity contribution in [2.24, 2.45) is 5.10 Å². The average molecular weight is 411 g/mol. The minimum absolute atomic E-state index is 0.209. The third-order valence-electron chi connectivity index (χ3n) is 4.03. The van der Waals surface area contributed by atoms with E-state index in [1.165, 1.54) is 0 Å². The molecule has 0 amide bonds. The molecule has 29 heavy (non-hydrogen) atoms. The Bertz CT molecular complexity index is 1080. The number of methoxy groups -OCH3 is 2. The van der Waals surface area contributed by atoms with Gasteiger partial charge in [-0.15, -0.1) is 0 Å². The summed E-state index contributed by atoms with van der Waals surface area (Å²) in [7, 11) is -0.448. The van der Waals surface area contributed by atoms with Crippen LogP contribution in [0, 0.1) is 0 Å². The van der Waals surface area contributed by atoms with Crippen LogP contribution in [0.4, 0.5) is 11.4 Å². The molecule has 150 valence electrons. The highest BCUT2D eigenvalue weighted by molar-refractivity contribution is 7.92. The van der Waals surface area contributed by atoms with Gasteiger partial charge in [-0.1, -0.05) is 18.2 Å². The van der Waals surface area contributed by atoms with Crippen LogP contribution >= 0.6 is 0 Å². The van der Waals surface area contributed by atoms with E-state index in [2.05, 4.69) is 15.2 Å². The lowest BCUT2D eigenvalue weighted by Gasteiger charge is -2.09. The summed E-state index contributed by atoms with van der Waals surface area (Å²) in [5.41, 5.74) is 4.85. The molecule has 0 heterocycles. The molecule has 0 aliphatic carbocycles. The Kier molecular flexibility index (Phi) is 6.36. The smallest absolute Gasteiger partial charge is 0.261 e. The fourth-order valence-corrected chi connectivity index (χ4v) is 3.61. The van der Waals surface area contributed by atoms with E-state index in [4.69, 9.17) is 9.47 Å². The minimum Gasteiger partial charge on any atom is -0.497 e. The molecule has 0 bridgehead atoms. The van der Waals surface area contributed by atoms with Gasteiger partial charge in [0.2, 0.25) is 0 Å². The fourth-order valence-electron chi connectivity index (χ4n) is 2.53. The van der Waals surface area contributed by atoms with Gasteiger partial charge in [-0.2, -0.15) is 5.10 Å². The molecule has 3 rings (SSSR count). The number of anilines is 2. The van der Waals surface area contributed by atoms with Crippen molar-refractivity contribution < 1.29 is 17.9 Å². The Morgan fingerprint density at radius 1 is 0.862 bits per heavy atom. The van der Waals surface area contributed by atoms with Crippen LogP contribution in [-0.4, -0.2) is 28.9 Å². The molecule has 0 aliphatic heterocycles. The van der Waals surface area contributed by atoms with Gasteiger partial charge in [0.25, 0.3) is 10.0 Å². The zero-order chi connectivity index (χ0) is 20.7. The number of nitrogens with one attached hydrogen (secondary N) is 2. The first kappa shape index (κ1) is 20.2. The van der Waals surface area contributed by atoms with Crippen molar-refractivity contribution in [1.82, 2.24) is 0 Å². The number of sulfonamides is 1. The summed E-state index contributed by atoms with van der Waals surface area (Å²) in [5, 5.41) is 4.19. The van der Waals surface area contributed by atoms with Gasteiger partial charge in [0.15, 0.2) is 0 Å². The molecule has 0 aromatic heterocycles. The molecule has 0 spiro atoms. The Morgan fingerprint density at radius 3 is 2.21 bits per heavy atom. The summed E-state index contributed by atoms with van der Waals surface area (Å²) >= 11 is 0. The van der Waals surface area contributed by atoms with Crippen LogP contribution in [0.25, 0.3) is 0 Å². The highest BCUT2D eigenvalue weighted by Crippen LogP contribution is 2.23. The van der Waals surface area contributed by atoms with E-state index in [1.54, 1.807) is 81.1 Å². The molecule has 3 aromatic rings. The largest absolute Gasteiger partial charge is 0.497 e. The van der Waals surface area contributed by atoms with Gasteiger partial charge >= 0.3 is 0 Å². The van der Waals surface area contributed by atoms with Crippen molar-refractivity contribution in [1.29, 1.82) is 0 Å². The van der Waals surface area contributed by atoms with Crippen LogP contribution in [-0.2, 0) is 10.0 Å². The summed E-state index contributed by atoms with van der Waals surface area (Å²) in [5.74, 6) is 1.33. The molecular weight excluding hydrogens is 390 g/mol. The number of hydrogen-bond acceptors (Lipinski definition) is 6. The monoisotopic (exact) mass is 411 g/mol. The second kappa shape index (κ2) is 9.11. The number of rotatable bonds is 8. The second-order valence-corrected chi connectivity index (χ2v) is 7.66. The Hall–Kier alpha value is -3.52. The molecule has 7 nitrogen and oxygen atoms in total. The molecule has 0 saturated carbocycles. The maximum Gasteiger partial charge on any atom is 0.261 e. The van der Waals surface area contributed by atoms with E-state index in [0.29, 0.717) is 22.9 Å². The number of hydrazone groups is 1. The Labute approximate surface area is 170 Å². The third-order valence-corrected chi connectivity index (χ3v) is 5.43. The van der Waals surface area contributed by atoms with Gasteiger partial charge in [0.05, 0.1) is 31.0 Å².